The molecule has 19 heavy (non-hydrogen) atoms. The molecule has 0 amide bonds. The number of hydrogen-bond donors (Lipinski definition) is 0. The van der Waals surface area contributed by atoms with Crippen molar-refractivity contribution in [1.29, 1.82) is 0 Å². The van der Waals surface area contributed by atoms with Gasteiger partial charge in [0.25, 0.3) is 0 Å². The van der Waals surface area contributed by atoms with E-state index in [4.69, 9.17) is 13.6 Å². The molecule has 0 aromatic rings. The molecule has 0 aromatic heterocycles. The Labute approximate surface area is 118 Å². The summed E-state index contributed by atoms with van der Waals surface area (Å²) < 4.78 is 18.9. The summed E-state index contributed by atoms with van der Waals surface area (Å²) in [6, 6.07) is 1.08. The van der Waals surface area contributed by atoms with Gasteiger partial charge in [-0.3, -0.25) is 0 Å². The van der Waals surface area contributed by atoms with Crippen molar-refractivity contribution in [2.45, 2.75) is 57.7 Å². The number of hydrogen-bond acceptors (Lipinski definition) is 3. The third kappa shape index (κ3) is 2.56. The SMILES string of the molecule is CCOC1(C2C=CC2)CCCC[Si]1(OCC)OCC. The quantitative estimate of drug-likeness (QED) is 0.528. The smallest absolute Gasteiger partial charge is 0.371 e. The fourth-order valence-electron chi connectivity index (χ4n) is 3.68. The van der Waals surface area contributed by atoms with Crippen LogP contribution in [0.4, 0.5) is 0 Å². The van der Waals surface area contributed by atoms with Gasteiger partial charge in [0.2, 0.25) is 0 Å². The van der Waals surface area contributed by atoms with Crippen molar-refractivity contribution >= 4 is 8.56 Å². The highest BCUT2D eigenvalue weighted by Crippen LogP contribution is 2.49. The number of rotatable bonds is 7. The van der Waals surface area contributed by atoms with Gasteiger partial charge in [-0.25, -0.2) is 0 Å². The largest absolute Gasteiger partial charge is 0.393 e. The van der Waals surface area contributed by atoms with Gasteiger partial charge in [-0.1, -0.05) is 25.0 Å². The Morgan fingerprint density at radius 2 is 1.79 bits per heavy atom. The van der Waals surface area contributed by atoms with Gasteiger partial charge >= 0.3 is 8.56 Å². The molecule has 1 aliphatic heterocycles. The van der Waals surface area contributed by atoms with Crippen LogP contribution in [0.25, 0.3) is 0 Å². The topological polar surface area (TPSA) is 27.7 Å². The van der Waals surface area contributed by atoms with Crippen LogP contribution >= 0.6 is 0 Å². The van der Waals surface area contributed by atoms with E-state index in [1.165, 1.54) is 12.8 Å². The highest BCUT2D eigenvalue weighted by Gasteiger charge is 2.63. The maximum absolute atomic E-state index is 6.36. The molecule has 4 heteroatoms. The minimum absolute atomic E-state index is 0.152. The van der Waals surface area contributed by atoms with Crippen LogP contribution in [0.2, 0.25) is 6.04 Å². The average Bonchev–Trinajstić information content (AvgIpc) is 2.32. The van der Waals surface area contributed by atoms with Gasteiger partial charge in [0.1, 0.15) is 5.22 Å². The molecule has 110 valence electrons. The van der Waals surface area contributed by atoms with E-state index >= 15 is 0 Å². The van der Waals surface area contributed by atoms with Gasteiger partial charge in [-0.05, 0) is 39.7 Å². The Bertz CT molecular complexity index is 303. The number of allylic oxidation sites excluding steroid dienone is 1. The Morgan fingerprint density at radius 3 is 2.26 bits per heavy atom. The van der Waals surface area contributed by atoms with Crippen LogP contribution in [0.3, 0.4) is 0 Å². The molecular weight excluding hydrogens is 256 g/mol. The van der Waals surface area contributed by atoms with E-state index in [1.807, 2.05) is 0 Å². The fraction of sp³-hybridized carbons (Fsp3) is 0.867. The standard InChI is InChI=1S/C15H28O3Si/c1-4-16-15(14-10-9-11-14)12-7-8-13-19(15,17-5-2)18-6-3/h9-10,14H,4-8,11-13H2,1-3H3. The summed E-state index contributed by atoms with van der Waals surface area (Å²) in [5.41, 5.74) is 0. The van der Waals surface area contributed by atoms with E-state index in [-0.39, 0.29) is 5.22 Å². The normalized spacial score (nSPS) is 33.1. The summed E-state index contributed by atoms with van der Waals surface area (Å²) in [6.45, 7) is 8.47. The third-order valence-corrected chi connectivity index (χ3v) is 9.04. The van der Waals surface area contributed by atoms with Gasteiger partial charge < -0.3 is 13.6 Å². The second-order valence-corrected chi connectivity index (χ2v) is 8.85. The summed E-state index contributed by atoms with van der Waals surface area (Å²) >= 11 is 0. The molecule has 0 radical (unpaired) electrons. The molecule has 0 N–H and O–H groups in total. The van der Waals surface area contributed by atoms with E-state index in [9.17, 15) is 0 Å². The van der Waals surface area contributed by atoms with Crippen molar-refractivity contribution in [2.75, 3.05) is 19.8 Å². The maximum atomic E-state index is 6.36. The van der Waals surface area contributed by atoms with Crippen LogP contribution in [-0.4, -0.2) is 33.6 Å². The van der Waals surface area contributed by atoms with Gasteiger partial charge in [-0.15, -0.1) is 0 Å². The highest BCUT2D eigenvalue weighted by molar-refractivity contribution is 6.71. The Balaban J connectivity index is 2.34. The van der Waals surface area contributed by atoms with E-state index in [2.05, 4.69) is 32.9 Å². The van der Waals surface area contributed by atoms with Crippen LogP contribution < -0.4 is 0 Å². The summed E-state index contributed by atoms with van der Waals surface area (Å²) in [4.78, 5) is 0. The van der Waals surface area contributed by atoms with Crippen LogP contribution in [0.15, 0.2) is 12.2 Å². The summed E-state index contributed by atoms with van der Waals surface area (Å²) in [5.74, 6) is 0.498. The molecule has 1 fully saturated rings. The van der Waals surface area contributed by atoms with Crippen molar-refractivity contribution in [3.8, 4) is 0 Å². The first kappa shape index (κ1) is 15.2. The first-order valence-corrected chi connectivity index (χ1v) is 9.85. The predicted octanol–water partition coefficient (Wildman–Crippen LogP) is 3.58. The molecular formula is C15H28O3Si. The molecule has 3 nitrogen and oxygen atoms in total. The predicted molar refractivity (Wildman–Crippen MR) is 79.3 cm³/mol. The zero-order chi connectivity index (χ0) is 13.8. The zero-order valence-electron chi connectivity index (χ0n) is 12.6. The Hall–Kier alpha value is -0.163. The van der Waals surface area contributed by atoms with Crippen molar-refractivity contribution in [3.05, 3.63) is 12.2 Å². The molecule has 2 unspecified atom stereocenters. The zero-order valence-corrected chi connectivity index (χ0v) is 13.6. The van der Waals surface area contributed by atoms with Crippen molar-refractivity contribution in [3.63, 3.8) is 0 Å². The molecule has 2 rings (SSSR count). The van der Waals surface area contributed by atoms with Gasteiger partial charge in [0, 0.05) is 25.7 Å². The molecule has 1 heterocycles. The minimum atomic E-state index is -2.29. The van der Waals surface area contributed by atoms with Gasteiger partial charge in [-0.2, -0.15) is 0 Å². The lowest BCUT2D eigenvalue weighted by Crippen LogP contribution is -2.69. The number of ether oxygens (including phenoxy) is 1. The summed E-state index contributed by atoms with van der Waals surface area (Å²) in [7, 11) is -2.29. The molecule has 0 spiro atoms. The van der Waals surface area contributed by atoms with Crippen LogP contribution in [0, 0.1) is 5.92 Å². The second-order valence-electron chi connectivity index (χ2n) is 5.42. The molecule has 1 saturated heterocycles. The lowest BCUT2D eigenvalue weighted by molar-refractivity contribution is -0.0683. The highest BCUT2D eigenvalue weighted by atomic mass is 28.4. The van der Waals surface area contributed by atoms with E-state index in [0.717, 1.165) is 38.7 Å². The third-order valence-electron chi connectivity index (χ3n) is 4.46. The van der Waals surface area contributed by atoms with Crippen molar-refractivity contribution in [1.82, 2.24) is 0 Å². The molecule has 0 saturated carbocycles. The molecule has 2 aliphatic rings. The van der Waals surface area contributed by atoms with Crippen LogP contribution in [0.1, 0.15) is 46.5 Å². The molecule has 2 atom stereocenters. The minimum Gasteiger partial charge on any atom is -0.393 e. The fourth-order valence-corrected chi connectivity index (χ4v) is 8.31. The van der Waals surface area contributed by atoms with E-state index < -0.39 is 8.56 Å². The van der Waals surface area contributed by atoms with E-state index in [1.54, 1.807) is 0 Å². The van der Waals surface area contributed by atoms with E-state index in [0.29, 0.717) is 5.92 Å². The van der Waals surface area contributed by atoms with Crippen molar-refractivity contribution in [2.24, 2.45) is 5.92 Å². The van der Waals surface area contributed by atoms with Gasteiger partial charge in [0.15, 0.2) is 0 Å². The lowest BCUT2D eigenvalue weighted by atomic mass is 9.85. The Morgan fingerprint density at radius 1 is 1.11 bits per heavy atom. The van der Waals surface area contributed by atoms with Crippen molar-refractivity contribution < 1.29 is 13.6 Å². The van der Waals surface area contributed by atoms with Crippen LogP contribution in [-0.2, 0) is 13.6 Å². The summed E-state index contributed by atoms with van der Waals surface area (Å²) in [6.07, 6.45) is 9.23. The van der Waals surface area contributed by atoms with Gasteiger partial charge in [0.05, 0.1) is 0 Å². The maximum Gasteiger partial charge on any atom is 0.371 e. The monoisotopic (exact) mass is 284 g/mol. The first-order valence-electron chi connectivity index (χ1n) is 7.83. The lowest BCUT2D eigenvalue weighted by Gasteiger charge is -2.53. The van der Waals surface area contributed by atoms with Crippen LogP contribution in [0.5, 0.6) is 0 Å². The second kappa shape index (κ2) is 6.53. The average molecular weight is 284 g/mol. The first-order chi connectivity index (χ1) is 9.24. The Kier molecular flexibility index (Phi) is 5.23. The molecule has 0 bridgehead atoms. The molecule has 1 aliphatic carbocycles. The molecule has 0 aromatic carbocycles. The summed E-state index contributed by atoms with van der Waals surface area (Å²) in [5, 5.41) is -0.152.